The number of carbonyl (C=O) groups is 3. The Kier molecular flexibility index (Phi) is 5.04. The van der Waals surface area contributed by atoms with Crippen molar-refractivity contribution in [1.29, 1.82) is 0 Å². The Bertz CT molecular complexity index is 654. The lowest BCUT2D eigenvalue weighted by Gasteiger charge is -2.35. The van der Waals surface area contributed by atoms with E-state index in [0.717, 1.165) is 31.4 Å². The molecule has 0 aromatic carbocycles. The molecule has 0 spiro atoms. The van der Waals surface area contributed by atoms with E-state index in [4.69, 9.17) is 0 Å². The molecule has 1 aromatic rings. The molecule has 24 heavy (non-hydrogen) atoms. The molecule has 6 heteroatoms. The summed E-state index contributed by atoms with van der Waals surface area (Å²) in [5, 5.41) is 1.88. The van der Waals surface area contributed by atoms with E-state index < -0.39 is 0 Å². The molecule has 130 valence electrons. The topological polar surface area (TPSA) is 57.7 Å². The molecule has 3 fully saturated rings. The van der Waals surface area contributed by atoms with Gasteiger partial charge in [-0.3, -0.25) is 14.4 Å². The molecule has 3 aliphatic heterocycles. The first-order chi connectivity index (χ1) is 11.5. The summed E-state index contributed by atoms with van der Waals surface area (Å²) in [5.74, 6) is 0.269. The van der Waals surface area contributed by atoms with Crippen LogP contribution in [0, 0.1) is 5.92 Å². The van der Waals surface area contributed by atoms with Gasteiger partial charge in [-0.05, 0) is 43.2 Å². The molecule has 5 nitrogen and oxygen atoms in total. The number of hydrogen-bond donors (Lipinski definition) is 0. The minimum absolute atomic E-state index is 0.0346. The van der Waals surface area contributed by atoms with Gasteiger partial charge in [0.2, 0.25) is 11.8 Å². The Labute approximate surface area is 146 Å². The van der Waals surface area contributed by atoms with Gasteiger partial charge in [0.15, 0.2) is 5.78 Å². The van der Waals surface area contributed by atoms with Crippen LogP contribution in [0.5, 0.6) is 0 Å². The Hall–Kier alpha value is -1.69. The number of rotatable bonds is 5. The van der Waals surface area contributed by atoms with Crippen LogP contribution in [-0.4, -0.2) is 53.1 Å². The zero-order valence-electron chi connectivity index (χ0n) is 14.3. The number of nitrogens with zero attached hydrogens (tertiary/aromatic N) is 2. The minimum atomic E-state index is -0.0468. The van der Waals surface area contributed by atoms with Crippen molar-refractivity contribution in [2.75, 3.05) is 19.6 Å². The van der Waals surface area contributed by atoms with Crippen LogP contribution < -0.4 is 0 Å². The fourth-order valence-electron chi connectivity index (χ4n) is 3.72. The van der Waals surface area contributed by atoms with E-state index in [0.29, 0.717) is 24.4 Å². The van der Waals surface area contributed by atoms with E-state index in [1.54, 1.807) is 0 Å². The van der Waals surface area contributed by atoms with Gasteiger partial charge in [-0.2, -0.15) is 0 Å². The predicted molar refractivity (Wildman–Crippen MR) is 93.1 cm³/mol. The summed E-state index contributed by atoms with van der Waals surface area (Å²) < 4.78 is 0. The van der Waals surface area contributed by atoms with E-state index in [2.05, 4.69) is 6.92 Å². The van der Waals surface area contributed by atoms with Crippen LogP contribution in [0.25, 0.3) is 0 Å². The third-order valence-electron chi connectivity index (χ3n) is 4.97. The maximum Gasteiger partial charge on any atom is 0.227 e. The maximum atomic E-state index is 12.7. The lowest BCUT2D eigenvalue weighted by molar-refractivity contribution is -0.139. The van der Waals surface area contributed by atoms with Crippen LogP contribution in [0.4, 0.5) is 0 Å². The van der Waals surface area contributed by atoms with Gasteiger partial charge in [0.25, 0.3) is 0 Å². The number of thiophene rings is 1. The van der Waals surface area contributed by atoms with E-state index in [1.807, 2.05) is 21.2 Å². The maximum absolute atomic E-state index is 12.7. The average Bonchev–Trinajstić information content (AvgIpc) is 2.84. The van der Waals surface area contributed by atoms with Crippen molar-refractivity contribution in [2.24, 2.45) is 5.92 Å². The SMILES string of the molecule is CCCN1C(=O)[C@H]2CC[C@@H]1CN(C(=O)Cc1csc(C(C)=O)c1)C2. The van der Waals surface area contributed by atoms with Crippen LogP contribution in [0.2, 0.25) is 0 Å². The third kappa shape index (κ3) is 3.38. The van der Waals surface area contributed by atoms with E-state index in [1.165, 1.54) is 18.3 Å². The normalized spacial score (nSPS) is 23.5. The summed E-state index contributed by atoms with van der Waals surface area (Å²) in [6.45, 7) is 5.59. The predicted octanol–water partition coefficient (Wildman–Crippen LogP) is 2.35. The van der Waals surface area contributed by atoms with Gasteiger partial charge in [0.1, 0.15) is 0 Å². The largest absolute Gasteiger partial charge is 0.340 e. The van der Waals surface area contributed by atoms with Gasteiger partial charge >= 0.3 is 0 Å². The molecule has 0 unspecified atom stereocenters. The number of amides is 2. The Morgan fingerprint density at radius 3 is 2.75 bits per heavy atom. The number of hydrogen-bond acceptors (Lipinski definition) is 4. The molecule has 4 rings (SSSR count). The molecule has 2 bridgehead atoms. The Morgan fingerprint density at radius 1 is 1.29 bits per heavy atom. The molecule has 0 radical (unpaired) electrons. The highest BCUT2D eigenvalue weighted by Crippen LogP contribution is 2.29. The average molecular weight is 348 g/mol. The van der Waals surface area contributed by atoms with Crippen LogP contribution in [-0.2, 0) is 16.0 Å². The highest BCUT2D eigenvalue weighted by Gasteiger charge is 2.41. The van der Waals surface area contributed by atoms with Crippen molar-refractivity contribution in [3.8, 4) is 0 Å². The fraction of sp³-hybridized carbons (Fsp3) is 0.611. The summed E-state index contributed by atoms with van der Waals surface area (Å²) in [7, 11) is 0. The van der Waals surface area contributed by atoms with E-state index in [9.17, 15) is 14.4 Å². The van der Waals surface area contributed by atoms with Gasteiger partial charge in [-0.15, -0.1) is 11.3 Å². The number of ketones is 1. The Morgan fingerprint density at radius 2 is 2.08 bits per heavy atom. The Balaban J connectivity index is 1.69. The molecule has 1 aromatic heterocycles. The van der Waals surface area contributed by atoms with Gasteiger partial charge in [-0.25, -0.2) is 0 Å². The van der Waals surface area contributed by atoms with Crippen molar-refractivity contribution in [2.45, 2.75) is 45.6 Å². The quantitative estimate of drug-likeness (QED) is 0.768. The molecule has 3 aliphatic rings. The fourth-order valence-corrected chi connectivity index (χ4v) is 4.53. The van der Waals surface area contributed by atoms with Gasteiger partial charge in [-0.1, -0.05) is 6.92 Å². The summed E-state index contributed by atoms with van der Waals surface area (Å²) >= 11 is 1.39. The molecule has 0 N–H and O–H groups in total. The van der Waals surface area contributed by atoms with E-state index in [-0.39, 0.29) is 29.6 Å². The first kappa shape index (κ1) is 17.1. The number of piperidine rings is 1. The molecular formula is C18H24N2O3S. The summed E-state index contributed by atoms with van der Waals surface area (Å²) in [5.41, 5.74) is 0.892. The zero-order chi connectivity index (χ0) is 17.3. The van der Waals surface area contributed by atoms with Crippen LogP contribution in [0.3, 0.4) is 0 Å². The van der Waals surface area contributed by atoms with Crippen molar-refractivity contribution in [3.05, 3.63) is 21.9 Å². The van der Waals surface area contributed by atoms with Gasteiger partial charge < -0.3 is 9.80 Å². The number of carbonyl (C=O) groups excluding carboxylic acids is 3. The summed E-state index contributed by atoms with van der Waals surface area (Å²) in [6.07, 6.45) is 3.14. The highest BCUT2D eigenvalue weighted by atomic mass is 32.1. The second-order valence-corrected chi connectivity index (χ2v) is 7.72. The number of fused-ring (bicyclic) bond motifs is 4. The third-order valence-corrected chi connectivity index (χ3v) is 6.05. The smallest absolute Gasteiger partial charge is 0.227 e. The lowest BCUT2D eigenvalue weighted by Crippen LogP contribution is -2.48. The van der Waals surface area contributed by atoms with E-state index >= 15 is 0 Å². The zero-order valence-corrected chi connectivity index (χ0v) is 15.1. The van der Waals surface area contributed by atoms with Crippen molar-refractivity contribution in [1.82, 2.24) is 9.80 Å². The van der Waals surface area contributed by atoms with Crippen molar-refractivity contribution in [3.63, 3.8) is 0 Å². The van der Waals surface area contributed by atoms with Crippen LogP contribution in [0.1, 0.15) is 48.3 Å². The molecule has 0 aliphatic carbocycles. The highest BCUT2D eigenvalue weighted by molar-refractivity contribution is 7.12. The standard InChI is InChI=1S/C18H24N2O3S/c1-3-6-20-15-5-4-14(18(20)23)9-19(10-15)17(22)8-13-7-16(12(2)21)24-11-13/h7,11,14-15H,3-6,8-10H2,1-2H3/t14-,15+/m0/s1. The number of Topliss-reactive ketones (excluding diaryl/α,β-unsaturated/α-hetero) is 1. The molecule has 0 saturated carbocycles. The summed E-state index contributed by atoms with van der Waals surface area (Å²) in [4.78, 5) is 41.2. The van der Waals surface area contributed by atoms with Gasteiger partial charge in [0, 0.05) is 25.7 Å². The van der Waals surface area contributed by atoms with Gasteiger partial charge in [0.05, 0.1) is 17.2 Å². The summed E-state index contributed by atoms with van der Waals surface area (Å²) in [6, 6.07) is 1.97. The molecule has 2 amide bonds. The first-order valence-electron chi connectivity index (χ1n) is 8.66. The van der Waals surface area contributed by atoms with Crippen molar-refractivity contribution >= 4 is 28.9 Å². The monoisotopic (exact) mass is 348 g/mol. The van der Waals surface area contributed by atoms with Crippen LogP contribution in [0.15, 0.2) is 11.4 Å². The second-order valence-electron chi connectivity index (χ2n) is 6.81. The molecule has 2 atom stereocenters. The minimum Gasteiger partial charge on any atom is -0.340 e. The second kappa shape index (κ2) is 7.05. The van der Waals surface area contributed by atoms with Crippen molar-refractivity contribution < 1.29 is 14.4 Å². The van der Waals surface area contributed by atoms with Crippen LogP contribution >= 0.6 is 11.3 Å². The molecule has 3 saturated heterocycles. The lowest BCUT2D eigenvalue weighted by atomic mass is 9.94. The molecule has 4 heterocycles. The molecular weight excluding hydrogens is 324 g/mol. The first-order valence-corrected chi connectivity index (χ1v) is 9.54.